The Morgan fingerprint density at radius 3 is 2.92 bits per heavy atom. The second kappa shape index (κ2) is 5.48. The van der Waals surface area contributed by atoms with Crippen LogP contribution < -0.4 is 5.32 Å². The van der Waals surface area contributed by atoms with Crippen LogP contribution in [0.5, 0.6) is 0 Å². The third-order valence-electron chi connectivity index (χ3n) is 4.63. The summed E-state index contributed by atoms with van der Waals surface area (Å²) in [7, 11) is 0. The summed E-state index contributed by atoms with van der Waals surface area (Å²) >= 11 is 0. The summed E-state index contributed by atoms with van der Waals surface area (Å²) in [4.78, 5) is 16.8. The van der Waals surface area contributed by atoms with Crippen LogP contribution in [0.25, 0.3) is 21.9 Å². The molecule has 0 aliphatic heterocycles. The van der Waals surface area contributed by atoms with Gasteiger partial charge in [-0.25, -0.2) is 0 Å². The van der Waals surface area contributed by atoms with Gasteiger partial charge in [-0.1, -0.05) is 18.2 Å². The highest BCUT2D eigenvalue weighted by molar-refractivity contribution is 6.05. The summed E-state index contributed by atoms with van der Waals surface area (Å²) in [6.45, 7) is 0.575. The van der Waals surface area contributed by atoms with Crippen LogP contribution in [0.1, 0.15) is 29.0 Å². The topological polar surface area (TPSA) is 60.1 Å². The lowest BCUT2D eigenvalue weighted by Gasteiger charge is -2.08. The number of carbonyl (C=O) groups excluding carboxylic acids is 1. The molecule has 3 heterocycles. The molecule has 1 saturated carbocycles. The molecule has 1 aliphatic carbocycles. The number of fused-ring (bicyclic) bond motifs is 2. The minimum Gasteiger partial charge on any atom is -0.459 e. The van der Waals surface area contributed by atoms with Gasteiger partial charge in [0, 0.05) is 35.4 Å². The quantitative estimate of drug-likeness (QED) is 0.620. The van der Waals surface area contributed by atoms with Gasteiger partial charge in [-0.2, -0.15) is 0 Å². The fourth-order valence-electron chi connectivity index (χ4n) is 3.23. The molecule has 0 unspecified atom stereocenters. The molecule has 0 radical (unpaired) electrons. The second-order valence-corrected chi connectivity index (χ2v) is 6.57. The zero-order valence-electron chi connectivity index (χ0n) is 13.6. The van der Waals surface area contributed by atoms with Gasteiger partial charge < -0.3 is 14.3 Å². The van der Waals surface area contributed by atoms with Crippen molar-refractivity contribution in [3.63, 3.8) is 0 Å². The van der Waals surface area contributed by atoms with Gasteiger partial charge in [0.25, 0.3) is 5.91 Å². The van der Waals surface area contributed by atoms with Gasteiger partial charge in [-0.05, 0) is 31.0 Å². The molecule has 25 heavy (non-hydrogen) atoms. The standard InChI is InChI=1S/C20H17N3O2/c24-20(22-15-5-6-15)17-11-21-10-14-7-8-23(19(14)17)12-16-9-13-3-1-2-4-18(13)25-16/h1-4,7-11,15H,5-6,12H2,(H,22,24). The van der Waals surface area contributed by atoms with Gasteiger partial charge in [0.05, 0.1) is 17.6 Å². The summed E-state index contributed by atoms with van der Waals surface area (Å²) in [5, 5.41) is 5.09. The summed E-state index contributed by atoms with van der Waals surface area (Å²) in [5.41, 5.74) is 2.39. The Labute approximate surface area is 144 Å². The minimum atomic E-state index is -0.0508. The average molecular weight is 331 g/mol. The van der Waals surface area contributed by atoms with Gasteiger partial charge >= 0.3 is 0 Å². The molecule has 0 saturated heterocycles. The molecule has 1 amide bonds. The number of benzene rings is 1. The van der Waals surface area contributed by atoms with Crippen molar-refractivity contribution in [3.05, 3.63) is 66.3 Å². The smallest absolute Gasteiger partial charge is 0.255 e. The Bertz CT molecular complexity index is 1060. The third kappa shape index (κ3) is 2.58. The van der Waals surface area contributed by atoms with E-state index in [4.69, 9.17) is 4.42 Å². The zero-order valence-corrected chi connectivity index (χ0v) is 13.6. The molecule has 0 spiro atoms. The van der Waals surface area contributed by atoms with E-state index >= 15 is 0 Å². The molecule has 0 bridgehead atoms. The van der Waals surface area contributed by atoms with Crippen molar-refractivity contribution in [3.8, 4) is 0 Å². The molecule has 5 nitrogen and oxygen atoms in total. The maximum absolute atomic E-state index is 12.6. The second-order valence-electron chi connectivity index (χ2n) is 6.57. The molecule has 3 aromatic heterocycles. The predicted molar refractivity (Wildman–Crippen MR) is 95.5 cm³/mol. The van der Waals surface area contributed by atoms with Crippen LogP contribution >= 0.6 is 0 Å². The van der Waals surface area contributed by atoms with E-state index in [-0.39, 0.29) is 5.91 Å². The molecular formula is C20H17N3O2. The Morgan fingerprint density at radius 1 is 1.20 bits per heavy atom. The van der Waals surface area contributed by atoms with Gasteiger partial charge in [0.2, 0.25) is 0 Å². The SMILES string of the molecule is O=C(NC1CC1)c1cncc2ccn(Cc3cc4ccccc4o3)c12. The maximum atomic E-state index is 12.6. The minimum absolute atomic E-state index is 0.0508. The summed E-state index contributed by atoms with van der Waals surface area (Å²) in [6.07, 6.45) is 7.55. The Hall–Kier alpha value is -3.08. The summed E-state index contributed by atoms with van der Waals surface area (Å²) < 4.78 is 7.98. The number of nitrogens with zero attached hydrogens (tertiary/aromatic N) is 2. The number of rotatable bonds is 4. The maximum Gasteiger partial charge on any atom is 0.255 e. The number of hydrogen-bond acceptors (Lipinski definition) is 3. The third-order valence-corrected chi connectivity index (χ3v) is 4.63. The Kier molecular flexibility index (Phi) is 3.13. The van der Waals surface area contributed by atoms with Crippen molar-refractivity contribution in [2.45, 2.75) is 25.4 Å². The molecule has 0 atom stereocenters. The van der Waals surface area contributed by atoms with E-state index in [1.54, 1.807) is 12.4 Å². The molecule has 124 valence electrons. The van der Waals surface area contributed by atoms with Crippen molar-refractivity contribution >= 4 is 27.8 Å². The average Bonchev–Trinajstić information content (AvgIpc) is 3.19. The van der Waals surface area contributed by atoms with Crippen LogP contribution in [0.15, 0.2) is 59.4 Å². The first-order valence-electron chi connectivity index (χ1n) is 8.49. The molecule has 1 aromatic carbocycles. The number of furan rings is 1. The molecule has 1 N–H and O–H groups in total. The molecule has 5 rings (SSSR count). The van der Waals surface area contributed by atoms with E-state index in [1.807, 2.05) is 42.6 Å². The lowest BCUT2D eigenvalue weighted by molar-refractivity contribution is 0.0952. The summed E-state index contributed by atoms with van der Waals surface area (Å²) in [5.74, 6) is 0.814. The van der Waals surface area contributed by atoms with Gasteiger partial charge in [-0.15, -0.1) is 0 Å². The number of pyridine rings is 1. The predicted octanol–water partition coefficient (Wildman–Crippen LogP) is 3.72. The zero-order chi connectivity index (χ0) is 16.8. The molecule has 1 fully saturated rings. The van der Waals surface area contributed by atoms with E-state index in [2.05, 4.69) is 14.9 Å². The van der Waals surface area contributed by atoms with Crippen LogP contribution in [-0.4, -0.2) is 21.5 Å². The lowest BCUT2D eigenvalue weighted by atomic mass is 10.2. The lowest BCUT2D eigenvalue weighted by Crippen LogP contribution is -2.26. The highest BCUT2D eigenvalue weighted by Crippen LogP contribution is 2.25. The Balaban J connectivity index is 1.55. The van der Waals surface area contributed by atoms with Gasteiger partial charge in [0.1, 0.15) is 11.3 Å². The number of para-hydroxylation sites is 1. The van der Waals surface area contributed by atoms with Crippen LogP contribution in [0.4, 0.5) is 0 Å². The first kappa shape index (κ1) is 14.3. The fraction of sp³-hybridized carbons (Fsp3) is 0.200. The van der Waals surface area contributed by atoms with Gasteiger partial charge in [0.15, 0.2) is 0 Å². The number of carbonyl (C=O) groups is 1. The number of amides is 1. The van der Waals surface area contributed by atoms with Crippen LogP contribution in [0.3, 0.4) is 0 Å². The molecule has 1 aliphatic rings. The van der Waals surface area contributed by atoms with Crippen LogP contribution in [-0.2, 0) is 6.54 Å². The van der Waals surface area contributed by atoms with Crippen LogP contribution in [0.2, 0.25) is 0 Å². The van der Waals surface area contributed by atoms with E-state index in [0.29, 0.717) is 18.2 Å². The van der Waals surface area contributed by atoms with E-state index < -0.39 is 0 Å². The van der Waals surface area contributed by atoms with Crippen molar-refractivity contribution < 1.29 is 9.21 Å². The highest BCUT2D eigenvalue weighted by atomic mass is 16.3. The van der Waals surface area contributed by atoms with E-state index in [1.165, 1.54) is 0 Å². The van der Waals surface area contributed by atoms with Crippen molar-refractivity contribution in [1.82, 2.24) is 14.9 Å². The van der Waals surface area contributed by atoms with Crippen molar-refractivity contribution in [2.24, 2.45) is 0 Å². The largest absolute Gasteiger partial charge is 0.459 e. The van der Waals surface area contributed by atoms with Crippen molar-refractivity contribution in [1.29, 1.82) is 0 Å². The normalized spacial score (nSPS) is 14.2. The van der Waals surface area contributed by atoms with Crippen LogP contribution in [0, 0.1) is 0 Å². The van der Waals surface area contributed by atoms with Gasteiger partial charge in [-0.3, -0.25) is 9.78 Å². The molecule has 4 aromatic rings. The number of nitrogens with one attached hydrogen (secondary N) is 1. The van der Waals surface area contributed by atoms with Crippen molar-refractivity contribution in [2.75, 3.05) is 0 Å². The Morgan fingerprint density at radius 2 is 2.08 bits per heavy atom. The fourth-order valence-corrected chi connectivity index (χ4v) is 3.23. The number of hydrogen-bond donors (Lipinski definition) is 1. The van der Waals surface area contributed by atoms with E-state index in [9.17, 15) is 4.79 Å². The molecule has 5 heteroatoms. The first-order chi connectivity index (χ1) is 12.3. The summed E-state index contributed by atoms with van der Waals surface area (Å²) in [6, 6.07) is 12.3. The highest BCUT2D eigenvalue weighted by Gasteiger charge is 2.25. The van der Waals surface area contributed by atoms with E-state index in [0.717, 1.165) is 40.5 Å². The monoisotopic (exact) mass is 331 g/mol. The first-order valence-corrected chi connectivity index (χ1v) is 8.49. The molecular weight excluding hydrogens is 314 g/mol. The number of aromatic nitrogens is 2.